The van der Waals surface area contributed by atoms with Crippen molar-refractivity contribution >= 4 is 10.0 Å². The monoisotopic (exact) mass is 298 g/mol. The largest absolute Gasteiger partial charge is 0.497 e. The second-order valence-electron chi connectivity index (χ2n) is 5.21. The SMILES string of the molecule is COc1ccc(S(=O)(=O)N2CCCC[C@H]2[C@H](C)N)cc1. The van der Waals surface area contributed by atoms with Gasteiger partial charge < -0.3 is 10.5 Å². The van der Waals surface area contributed by atoms with Crippen molar-refractivity contribution in [2.75, 3.05) is 13.7 Å². The molecular formula is C14H22N2O3S. The molecule has 0 aromatic heterocycles. The van der Waals surface area contributed by atoms with Crippen molar-refractivity contribution in [3.63, 3.8) is 0 Å². The molecule has 2 N–H and O–H groups in total. The van der Waals surface area contributed by atoms with E-state index in [2.05, 4.69) is 0 Å². The average Bonchev–Trinajstić information content (AvgIpc) is 2.47. The van der Waals surface area contributed by atoms with Gasteiger partial charge in [-0.05, 0) is 44.0 Å². The molecule has 6 heteroatoms. The summed E-state index contributed by atoms with van der Waals surface area (Å²) < 4.78 is 32.1. The highest BCUT2D eigenvalue weighted by Gasteiger charge is 2.35. The van der Waals surface area contributed by atoms with Gasteiger partial charge in [0.15, 0.2) is 0 Å². The fourth-order valence-electron chi connectivity index (χ4n) is 2.64. The molecule has 0 unspecified atom stereocenters. The lowest BCUT2D eigenvalue weighted by Crippen LogP contribution is -2.51. The summed E-state index contributed by atoms with van der Waals surface area (Å²) in [6, 6.07) is 6.22. The van der Waals surface area contributed by atoms with Crippen LogP contribution in [0, 0.1) is 0 Å². The number of hydrogen-bond donors (Lipinski definition) is 1. The zero-order valence-corrected chi connectivity index (χ0v) is 12.8. The number of piperidine rings is 1. The van der Waals surface area contributed by atoms with Crippen LogP contribution >= 0.6 is 0 Å². The first kappa shape index (κ1) is 15.3. The molecule has 0 amide bonds. The van der Waals surface area contributed by atoms with Gasteiger partial charge in [-0.25, -0.2) is 8.42 Å². The molecule has 1 saturated heterocycles. The van der Waals surface area contributed by atoms with Gasteiger partial charge in [0.2, 0.25) is 10.0 Å². The van der Waals surface area contributed by atoms with Gasteiger partial charge in [0.25, 0.3) is 0 Å². The summed E-state index contributed by atoms with van der Waals surface area (Å²) in [5.41, 5.74) is 5.95. The highest BCUT2D eigenvalue weighted by molar-refractivity contribution is 7.89. The normalized spacial score (nSPS) is 22.4. The minimum atomic E-state index is -3.48. The Hall–Kier alpha value is -1.11. The second kappa shape index (κ2) is 6.11. The molecule has 1 aliphatic rings. The van der Waals surface area contributed by atoms with Crippen LogP contribution in [0.4, 0.5) is 0 Å². The van der Waals surface area contributed by atoms with E-state index in [1.54, 1.807) is 35.7 Å². The van der Waals surface area contributed by atoms with Crippen LogP contribution in [0.5, 0.6) is 5.75 Å². The molecule has 5 nitrogen and oxygen atoms in total. The molecule has 0 bridgehead atoms. The maximum Gasteiger partial charge on any atom is 0.243 e. The molecule has 1 aliphatic heterocycles. The molecule has 0 aliphatic carbocycles. The number of benzene rings is 1. The number of methoxy groups -OCH3 is 1. The molecule has 1 heterocycles. The maximum absolute atomic E-state index is 12.7. The van der Waals surface area contributed by atoms with E-state index in [4.69, 9.17) is 10.5 Å². The van der Waals surface area contributed by atoms with Gasteiger partial charge in [0.1, 0.15) is 5.75 Å². The number of nitrogens with zero attached hydrogens (tertiary/aromatic N) is 1. The number of hydrogen-bond acceptors (Lipinski definition) is 4. The molecule has 1 aromatic carbocycles. The minimum absolute atomic E-state index is 0.115. The van der Waals surface area contributed by atoms with E-state index in [9.17, 15) is 8.42 Å². The molecule has 20 heavy (non-hydrogen) atoms. The Morgan fingerprint density at radius 2 is 1.95 bits per heavy atom. The van der Waals surface area contributed by atoms with Gasteiger partial charge in [-0.1, -0.05) is 6.42 Å². The Kier molecular flexibility index (Phi) is 4.67. The number of sulfonamides is 1. The van der Waals surface area contributed by atoms with Crippen molar-refractivity contribution in [2.24, 2.45) is 5.73 Å². The summed E-state index contributed by atoms with van der Waals surface area (Å²) in [7, 11) is -1.93. The lowest BCUT2D eigenvalue weighted by atomic mass is 10.00. The Bertz CT molecular complexity index is 540. The van der Waals surface area contributed by atoms with Crippen molar-refractivity contribution in [3.8, 4) is 5.75 Å². The molecule has 0 saturated carbocycles. The summed E-state index contributed by atoms with van der Waals surface area (Å²) in [6.45, 7) is 2.41. The Labute approximate surface area is 120 Å². The molecule has 0 radical (unpaired) electrons. The van der Waals surface area contributed by atoms with Crippen LogP contribution in [0.25, 0.3) is 0 Å². The summed E-state index contributed by atoms with van der Waals surface area (Å²) in [4.78, 5) is 0.297. The van der Waals surface area contributed by atoms with Crippen molar-refractivity contribution in [2.45, 2.75) is 43.2 Å². The number of nitrogens with two attached hydrogens (primary N) is 1. The van der Waals surface area contributed by atoms with Crippen molar-refractivity contribution in [1.29, 1.82) is 0 Å². The van der Waals surface area contributed by atoms with E-state index in [0.717, 1.165) is 19.3 Å². The van der Waals surface area contributed by atoms with Gasteiger partial charge >= 0.3 is 0 Å². The van der Waals surface area contributed by atoms with Gasteiger partial charge in [0.05, 0.1) is 12.0 Å². The quantitative estimate of drug-likeness (QED) is 0.916. The van der Waals surface area contributed by atoms with E-state index in [1.807, 2.05) is 6.92 Å². The van der Waals surface area contributed by atoms with Crippen LogP contribution in [0.15, 0.2) is 29.2 Å². The highest BCUT2D eigenvalue weighted by Crippen LogP contribution is 2.27. The Balaban J connectivity index is 2.31. The molecule has 0 spiro atoms. The summed E-state index contributed by atoms with van der Waals surface area (Å²) in [6.07, 6.45) is 2.74. The molecule has 112 valence electrons. The van der Waals surface area contributed by atoms with E-state index in [0.29, 0.717) is 17.2 Å². The van der Waals surface area contributed by atoms with Crippen molar-refractivity contribution < 1.29 is 13.2 Å². The van der Waals surface area contributed by atoms with Gasteiger partial charge in [-0.15, -0.1) is 0 Å². The van der Waals surface area contributed by atoms with Crippen molar-refractivity contribution in [3.05, 3.63) is 24.3 Å². The molecule has 2 atom stereocenters. The molecule has 2 rings (SSSR count). The third-order valence-corrected chi connectivity index (χ3v) is 5.71. The first-order valence-corrected chi connectivity index (χ1v) is 8.32. The van der Waals surface area contributed by atoms with Gasteiger partial charge in [-0.3, -0.25) is 0 Å². The first-order valence-electron chi connectivity index (χ1n) is 6.88. The van der Waals surface area contributed by atoms with Crippen LogP contribution in [-0.2, 0) is 10.0 Å². The number of ether oxygens (including phenoxy) is 1. The third-order valence-electron chi connectivity index (χ3n) is 3.77. The zero-order chi connectivity index (χ0) is 14.8. The Morgan fingerprint density at radius 3 is 2.50 bits per heavy atom. The van der Waals surface area contributed by atoms with E-state index in [1.165, 1.54) is 0 Å². The maximum atomic E-state index is 12.7. The smallest absolute Gasteiger partial charge is 0.243 e. The topological polar surface area (TPSA) is 72.6 Å². The van der Waals surface area contributed by atoms with Crippen LogP contribution in [-0.4, -0.2) is 38.5 Å². The summed E-state index contributed by atoms with van der Waals surface area (Å²) >= 11 is 0. The van der Waals surface area contributed by atoms with Gasteiger partial charge in [0, 0.05) is 18.6 Å². The van der Waals surface area contributed by atoms with Gasteiger partial charge in [-0.2, -0.15) is 4.31 Å². The van der Waals surface area contributed by atoms with E-state index >= 15 is 0 Å². The molecular weight excluding hydrogens is 276 g/mol. The van der Waals surface area contributed by atoms with E-state index in [-0.39, 0.29) is 12.1 Å². The molecule has 1 aromatic rings. The average molecular weight is 298 g/mol. The highest BCUT2D eigenvalue weighted by atomic mass is 32.2. The fraction of sp³-hybridized carbons (Fsp3) is 0.571. The molecule has 1 fully saturated rings. The van der Waals surface area contributed by atoms with E-state index < -0.39 is 10.0 Å². The minimum Gasteiger partial charge on any atom is -0.497 e. The lowest BCUT2D eigenvalue weighted by Gasteiger charge is -2.36. The third kappa shape index (κ3) is 2.97. The first-order chi connectivity index (χ1) is 9.46. The van der Waals surface area contributed by atoms with Crippen LogP contribution < -0.4 is 10.5 Å². The fourth-order valence-corrected chi connectivity index (χ4v) is 4.41. The summed E-state index contributed by atoms with van der Waals surface area (Å²) in [5.74, 6) is 0.645. The predicted molar refractivity (Wildman–Crippen MR) is 78.2 cm³/mol. The van der Waals surface area contributed by atoms with Crippen LogP contribution in [0.2, 0.25) is 0 Å². The second-order valence-corrected chi connectivity index (χ2v) is 7.10. The van der Waals surface area contributed by atoms with Crippen molar-refractivity contribution in [1.82, 2.24) is 4.31 Å². The zero-order valence-electron chi connectivity index (χ0n) is 12.0. The van der Waals surface area contributed by atoms with Crippen LogP contribution in [0.1, 0.15) is 26.2 Å². The predicted octanol–water partition coefficient (Wildman–Crippen LogP) is 1.59. The lowest BCUT2D eigenvalue weighted by molar-refractivity contribution is 0.227. The summed E-state index contributed by atoms with van der Waals surface area (Å²) in [5, 5.41) is 0. The Morgan fingerprint density at radius 1 is 1.30 bits per heavy atom. The number of rotatable bonds is 4. The standard InChI is InChI=1S/C14H22N2O3S/c1-11(15)14-5-3-4-10-16(14)20(17,18)13-8-6-12(19-2)7-9-13/h6-9,11,14H,3-5,10,15H2,1-2H3/t11-,14-/m0/s1. The van der Waals surface area contributed by atoms with Crippen LogP contribution in [0.3, 0.4) is 0 Å².